The van der Waals surface area contributed by atoms with Crippen LogP contribution in [0.25, 0.3) is 11.1 Å². The van der Waals surface area contributed by atoms with Crippen LogP contribution in [0.4, 0.5) is 5.82 Å². The highest BCUT2D eigenvalue weighted by molar-refractivity contribution is 6.74. The molecule has 126 valence electrons. The Labute approximate surface area is 139 Å². The second-order valence-corrected chi connectivity index (χ2v) is 12.0. The zero-order valence-corrected chi connectivity index (χ0v) is 16.1. The van der Waals surface area contributed by atoms with Gasteiger partial charge in [0.15, 0.2) is 0 Å². The van der Waals surface area contributed by atoms with E-state index in [0.717, 1.165) is 28.3 Å². The molecule has 3 N–H and O–H groups in total. The summed E-state index contributed by atoms with van der Waals surface area (Å²) in [6.45, 7) is 13.0. The van der Waals surface area contributed by atoms with Crippen molar-refractivity contribution in [2.45, 2.75) is 45.8 Å². The quantitative estimate of drug-likeness (QED) is 0.815. The molecule has 0 aliphatic carbocycles. The van der Waals surface area contributed by atoms with Crippen LogP contribution in [-0.2, 0) is 0 Å². The van der Waals surface area contributed by atoms with Gasteiger partial charge in [-0.1, -0.05) is 20.8 Å². The predicted octanol–water partition coefficient (Wildman–Crippen LogP) is 4.36. The van der Waals surface area contributed by atoms with Crippen molar-refractivity contribution in [3.63, 3.8) is 0 Å². The molecule has 0 radical (unpaired) electrons. The van der Waals surface area contributed by atoms with Crippen LogP contribution < -0.4 is 14.9 Å². The van der Waals surface area contributed by atoms with E-state index in [0.29, 0.717) is 5.82 Å². The monoisotopic (exact) mass is 333 g/mol. The number of hydrogen-bond donors (Lipinski definition) is 2. The number of aromatic amines is 1. The topological polar surface area (TPSA) is 73.2 Å². The number of nitrogens with two attached hydrogens (primary N) is 1. The van der Waals surface area contributed by atoms with E-state index >= 15 is 0 Å². The Hall–Kier alpha value is -1.95. The maximum absolute atomic E-state index is 6.35. The lowest BCUT2D eigenvalue weighted by Gasteiger charge is -2.36. The third-order valence-corrected chi connectivity index (χ3v) is 8.96. The van der Waals surface area contributed by atoms with Gasteiger partial charge in [0.05, 0.1) is 18.4 Å². The number of H-pyrrole nitrogens is 1. The Morgan fingerprint density at radius 1 is 1.22 bits per heavy atom. The third-order valence-electron chi connectivity index (χ3n) is 4.60. The van der Waals surface area contributed by atoms with E-state index in [9.17, 15) is 0 Å². The summed E-state index contributed by atoms with van der Waals surface area (Å²) in [5.41, 5.74) is 8.63. The van der Waals surface area contributed by atoms with E-state index in [2.05, 4.69) is 44.1 Å². The summed E-state index contributed by atoms with van der Waals surface area (Å²) in [5, 5.41) is 7.10. The molecule has 2 rings (SSSR count). The second-order valence-electron chi connectivity index (χ2n) is 7.32. The number of aromatic nitrogens is 2. The third kappa shape index (κ3) is 3.37. The molecule has 0 saturated heterocycles. The number of nitrogen functional groups attached to an aromatic ring is 1. The van der Waals surface area contributed by atoms with Crippen LogP contribution in [0.3, 0.4) is 0 Å². The molecule has 1 aromatic heterocycles. The summed E-state index contributed by atoms with van der Waals surface area (Å²) in [6, 6.07) is 5.89. The number of aryl methyl sites for hydroxylation is 1. The Morgan fingerprint density at radius 3 is 2.35 bits per heavy atom. The molecule has 0 unspecified atom stereocenters. The first-order chi connectivity index (χ1) is 10.6. The molecule has 1 aromatic carbocycles. The van der Waals surface area contributed by atoms with Gasteiger partial charge in [0.2, 0.25) is 8.32 Å². The predicted molar refractivity (Wildman–Crippen MR) is 97.6 cm³/mol. The van der Waals surface area contributed by atoms with Crippen LogP contribution in [-0.4, -0.2) is 25.6 Å². The van der Waals surface area contributed by atoms with Crippen molar-refractivity contribution in [3.8, 4) is 22.6 Å². The Bertz CT molecular complexity index is 683. The molecule has 0 amide bonds. The SMILES string of the molecule is COc1cc(O[Si](C)(C)C(C)(C)C)ccc1-c1c(C)n[nH]c1N. The van der Waals surface area contributed by atoms with Crippen molar-refractivity contribution in [2.75, 3.05) is 12.8 Å². The smallest absolute Gasteiger partial charge is 0.250 e. The number of methoxy groups -OCH3 is 1. The van der Waals surface area contributed by atoms with Gasteiger partial charge in [0.1, 0.15) is 17.3 Å². The Balaban J connectivity index is 2.42. The molecule has 1 heterocycles. The van der Waals surface area contributed by atoms with Gasteiger partial charge < -0.3 is 14.9 Å². The molecule has 23 heavy (non-hydrogen) atoms. The van der Waals surface area contributed by atoms with E-state index in [1.165, 1.54) is 0 Å². The molecular weight excluding hydrogens is 306 g/mol. The fourth-order valence-corrected chi connectivity index (χ4v) is 3.20. The lowest BCUT2D eigenvalue weighted by molar-refractivity contribution is 0.412. The van der Waals surface area contributed by atoms with Crippen LogP contribution in [0.2, 0.25) is 18.1 Å². The van der Waals surface area contributed by atoms with Crippen molar-refractivity contribution in [3.05, 3.63) is 23.9 Å². The first kappa shape index (κ1) is 17.4. The number of benzene rings is 1. The molecular formula is C17H27N3O2Si. The minimum absolute atomic E-state index is 0.143. The molecule has 0 spiro atoms. The summed E-state index contributed by atoms with van der Waals surface area (Å²) >= 11 is 0. The summed E-state index contributed by atoms with van der Waals surface area (Å²) < 4.78 is 11.9. The van der Waals surface area contributed by atoms with Crippen molar-refractivity contribution in [1.29, 1.82) is 0 Å². The second kappa shape index (κ2) is 5.92. The van der Waals surface area contributed by atoms with Crippen molar-refractivity contribution >= 4 is 14.1 Å². The summed E-state index contributed by atoms with van der Waals surface area (Å²) in [7, 11) is -0.232. The molecule has 0 fully saturated rings. The van der Waals surface area contributed by atoms with Crippen LogP contribution in [0.15, 0.2) is 18.2 Å². The summed E-state index contributed by atoms with van der Waals surface area (Å²) in [6.07, 6.45) is 0. The van der Waals surface area contributed by atoms with Gasteiger partial charge in [-0.25, -0.2) is 0 Å². The molecule has 2 aromatic rings. The molecule has 0 bridgehead atoms. The number of nitrogens with one attached hydrogen (secondary N) is 1. The lowest BCUT2D eigenvalue weighted by atomic mass is 10.0. The van der Waals surface area contributed by atoms with Crippen LogP contribution in [0.1, 0.15) is 26.5 Å². The summed E-state index contributed by atoms with van der Waals surface area (Å²) in [5.74, 6) is 2.10. The minimum Gasteiger partial charge on any atom is -0.543 e. The summed E-state index contributed by atoms with van der Waals surface area (Å²) in [4.78, 5) is 0. The fraction of sp³-hybridized carbons (Fsp3) is 0.471. The Morgan fingerprint density at radius 2 is 1.87 bits per heavy atom. The maximum atomic E-state index is 6.35. The number of rotatable bonds is 4. The molecule has 6 heteroatoms. The number of hydrogen-bond acceptors (Lipinski definition) is 4. The minimum atomic E-state index is -1.89. The molecule has 0 saturated carbocycles. The van der Waals surface area contributed by atoms with Gasteiger partial charge in [-0.3, -0.25) is 5.10 Å². The normalized spacial score (nSPS) is 12.3. The van der Waals surface area contributed by atoms with E-state index in [-0.39, 0.29) is 5.04 Å². The van der Waals surface area contributed by atoms with E-state index in [1.807, 2.05) is 25.1 Å². The van der Waals surface area contributed by atoms with Gasteiger partial charge >= 0.3 is 0 Å². The highest BCUT2D eigenvalue weighted by Crippen LogP contribution is 2.41. The van der Waals surface area contributed by atoms with Crippen molar-refractivity contribution in [1.82, 2.24) is 10.2 Å². The molecule has 0 aliphatic rings. The zero-order chi connectivity index (χ0) is 17.4. The molecule has 0 aliphatic heterocycles. The maximum Gasteiger partial charge on any atom is 0.250 e. The van der Waals surface area contributed by atoms with E-state index < -0.39 is 8.32 Å². The first-order valence-corrected chi connectivity index (χ1v) is 10.7. The van der Waals surface area contributed by atoms with Crippen molar-refractivity contribution < 1.29 is 9.16 Å². The van der Waals surface area contributed by atoms with E-state index in [1.54, 1.807) is 7.11 Å². The van der Waals surface area contributed by atoms with Gasteiger partial charge in [0.25, 0.3) is 0 Å². The number of nitrogens with zero attached hydrogens (tertiary/aromatic N) is 1. The number of anilines is 1. The lowest BCUT2D eigenvalue weighted by Crippen LogP contribution is -2.43. The average Bonchev–Trinajstić information content (AvgIpc) is 2.76. The first-order valence-electron chi connectivity index (χ1n) is 7.74. The standard InChI is InChI=1S/C17H27N3O2Si/c1-11-15(16(18)20-19-11)13-9-8-12(10-14(13)21-5)22-23(6,7)17(2,3)4/h8-10H,1-7H3,(H3,18,19,20). The molecule has 5 nitrogen and oxygen atoms in total. The fourth-order valence-electron chi connectivity index (χ4n) is 2.18. The van der Waals surface area contributed by atoms with Gasteiger partial charge in [-0.05, 0) is 37.2 Å². The van der Waals surface area contributed by atoms with Gasteiger partial charge in [-0.2, -0.15) is 5.10 Å². The van der Waals surface area contributed by atoms with Crippen LogP contribution >= 0.6 is 0 Å². The average molecular weight is 334 g/mol. The zero-order valence-electron chi connectivity index (χ0n) is 15.1. The Kier molecular flexibility index (Phi) is 4.48. The van der Waals surface area contributed by atoms with Crippen molar-refractivity contribution in [2.24, 2.45) is 0 Å². The van der Waals surface area contributed by atoms with Gasteiger partial charge in [-0.15, -0.1) is 0 Å². The highest BCUT2D eigenvalue weighted by Gasteiger charge is 2.39. The number of ether oxygens (including phenoxy) is 1. The largest absolute Gasteiger partial charge is 0.543 e. The van der Waals surface area contributed by atoms with Crippen LogP contribution in [0, 0.1) is 6.92 Å². The molecule has 0 atom stereocenters. The van der Waals surface area contributed by atoms with E-state index in [4.69, 9.17) is 14.9 Å². The van der Waals surface area contributed by atoms with Crippen LogP contribution in [0.5, 0.6) is 11.5 Å². The van der Waals surface area contributed by atoms with Gasteiger partial charge in [0, 0.05) is 11.6 Å². The highest BCUT2D eigenvalue weighted by atomic mass is 28.4.